The number of rotatable bonds is 7. The van der Waals surface area contributed by atoms with E-state index in [9.17, 15) is 4.79 Å². The fourth-order valence-corrected chi connectivity index (χ4v) is 2.23. The molecule has 6 heteroatoms. The fourth-order valence-electron chi connectivity index (χ4n) is 2.23. The van der Waals surface area contributed by atoms with Gasteiger partial charge in [-0.1, -0.05) is 19.8 Å². The van der Waals surface area contributed by atoms with Crippen molar-refractivity contribution in [2.75, 3.05) is 19.6 Å². The van der Waals surface area contributed by atoms with Crippen molar-refractivity contribution in [1.82, 2.24) is 10.6 Å². The Kier molecular flexibility index (Phi) is 11.0. The second kappa shape index (κ2) is 11.3. The van der Waals surface area contributed by atoms with Gasteiger partial charge in [-0.25, -0.2) is 0 Å². The van der Waals surface area contributed by atoms with E-state index in [1.54, 1.807) is 0 Å². The van der Waals surface area contributed by atoms with E-state index in [0.29, 0.717) is 31.4 Å². The highest BCUT2D eigenvalue weighted by Gasteiger charge is 2.17. The van der Waals surface area contributed by atoms with Crippen LogP contribution in [0.1, 0.15) is 45.4 Å². The number of carbonyl (C=O) groups is 1. The van der Waals surface area contributed by atoms with Gasteiger partial charge in [0.05, 0.1) is 0 Å². The fraction of sp³-hybridized carbons (Fsp3) is 0.846. The molecule has 1 fully saturated rings. The summed E-state index contributed by atoms with van der Waals surface area (Å²) in [6.07, 6.45) is 6.65. The summed E-state index contributed by atoms with van der Waals surface area (Å²) >= 11 is 0. The number of nitrogens with zero attached hydrogens (tertiary/aromatic N) is 1. The molecule has 0 radical (unpaired) electrons. The standard InChI is InChI=1S/C13H26N4O.HI/c1-2-7-16-13(14)17-9-8-15-12(18)10-11-5-3-4-6-11;/h11H,2-10H2,1H3,(H,15,18)(H3,14,16,17);1H. The molecule has 1 saturated carbocycles. The van der Waals surface area contributed by atoms with Gasteiger partial charge in [0, 0.05) is 26.1 Å². The molecule has 1 rings (SSSR count). The third-order valence-electron chi connectivity index (χ3n) is 3.21. The van der Waals surface area contributed by atoms with Crippen LogP contribution >= 0.6 is 24.0 Å². The molecule has 0 heterocycles. The summed E-state index contributed by atoms with van der Waals surface area (Å²) in [5, 5.41) is 5.89. The zero-order valence-corrected chi connectivity index (χ0v) is 14.1. The zero-order chi connectivity index (χ0) is 13.2. The van der Waals surface area contributed by atoms with Crippen molar-refractivity contribution >= 4 is 35.8 Å². The lowest BCUT2D eigenvalue weighted by Gasteiger charge is -2.10. The van der Waals surface area contributed by atoms with Crippen LogP contribution in [-0.2, 0) is 4.79 Å². The average molecular weight is 382 g/mol. The van der Waals surface area contributed by atoms with Crippen molar-refractivity contribution < 1.29 is 4.79 Å². The molecule has 0 unspecified atom stereocenters. The molecule has 112 valence electrons. The second-order valence-electron chi connectivity index (χ2n) is 4.90. The van der Waals surface area contributed by atoms with Gasteiger partial charge in [-0.2, -0.15) is 0 Å². The van der Waals surface area contributed by atoms with E-state index in [4.69, 9.17) is 5.73 Å². The predicted molar refractivity (Wildman–Crippen MR) is 89.8 cm³/mol. The average Bonchev–Trinajstić information content (AvgIpc) is 2.85. The summed E-state index contributed by atoms with van der Waals surface area (Å²) in [5.41, 5.74) is 5.63. The van der Waals surface area contributed by atoms with Gasteiger partial charge in [-0.3, -0.25) is 9.79 Å². The normalized spacial score (nSPS) is 15.9. The van der Waals surface area contributed by atoms with E-state index >= 15 is 0 Å². The number of aliphatic imine (C=N–C) groups is 1. The second-order valence-corrected chi connectivity index (χ2v) is 4.90. The Balaban J connectivity index is 0.00000324. The Morgan fingerprint density at radius 2 is 1.89 bits per heavy atom. The first kappa shape index (κ1) is 18.5. The molecule has 0 aromatic rings. The summed E-state index contributed by atoms with van der Waals surface area (Å²) < 4.78 is 0. The lowest BCUT2D eigenvalue weighted by atomic mass is 10.0. The number of guanidine groups is 1. The minimum Gasteiger partial charge on any atom is -0.370 e. The molecule has 0 spiro atoms. The van der Waals surface area contributed by atoms with Crippen molar-refractivity contribution in [3.63, 3.8) is 0 Å². The number of amides is 1. The van der Waals surface area contributed by atoms with E-state index in [-0.39, 0.29) is 29.9 Å². The number of hydrogen-bond donors (Lipinski definition) is 3. The highest BCUT2D eigenvalue weighted by atomic mass is 127. The third-order valence-corrected chi connectivity index (χ3v) is 3.21. The van der Waals surface area contributed by atoms with Crippen molar-refractivity contribution in [1.29, 1.82) is 0 Å². The maximum atomic E-state index is 11.6. The van der Waals surface area contributed by atoms with Crippen LogP contribution in [0.2, 0.25) is 0 Å². The van der Waals surface area contributed by atoms with Crippen LogP contribution in [0.3, 0.4) is 0 Å². The minimum absolute atomic E-state index is 0. The molecule has 5 nitrogen and oxygen atoms in total. The number of halogens is 1. The quantitative estimate of drug-likeness (QED) is 0.271. The Hall–Kier alpha value is -0.530. The van der Waals surface area contributed by atoms with Gasteiger partial charge in [0.2, 0.25) is 5.91 Å². The van der Waals surface area contributed by atoms with Gasteiger partial charge < -0.3 is 16.4 Å². The first-order valence-corrected chi connectivity index (χ1v) is 7.03. The van der Waals surface area contributed by atoms with Gasteiger partial charge in [-0.05, 0) is 25.2 Å². The molecule has 0 aliphatic heterocycles. The molecular weight excluding hydrogens is 355 g/mol. The van der Waals surface area contributed by atoms with Crippen LogP contribution < -0.4 is 16.4 Å². The molecular formula is C13H27IN4O. The zero-order valence-electron chi connectivity index (χ0n) is 11.8. The van der Waals surface area contributed by atoms with Crippen LogP contribution in [-0.4, -0.2) is 31.5 Å². The highest BCUT2D eigenvalue weighted by molar-refractivity contribution is 14.0. The number of hydrogen-bond acceptors (Lipinski definition) is 2. The van der Waals surface area contributed by atoms with Crippen molar-refractivity contribution in [3.8, 4) is 0 Å². The van der Waals surface area contributed by atoms with Crippen LogP contribution in [0.5, 0.6) is 0 Å². The van der Waals surface area contributed by atoms with E-state index in [2.05, 4.69) is 22.5 Å². The largest absolute Gasteiger partial charge is 0.370 e. The number of nitrogens with one attached hydrogen (secondary N) is 2. The first-order valence-electron chi connectivity index (χ1n) is 7.03. The highest BCUT2D eigenvalue weighted by Crippen LogP contribution is 2.27. The maximum absolute atomic E-state index is 11.6. The van der Waals surface area contributed by atoms with Gasteiger partial charge in [-0.15, -0.1) is 24.0 Å². The number of carbonyl (C=O) groups excluding carboxylic acids is 1. The van der Waals surface area contributed by atoms with Crippen LogP contribution in [0.15, 0.2) is 4.99 Å². The van der Waals surface area contributed by atoms with Gasteiger partial charge in [0.25, 0.3) is 0 Å². The Bertz CT molecular complexity index is 278. The summed E-state index contributed by atoms with van der Waals surface area (Å²) in [5.74, 6) is 1.23. The van der Waals surface area contributed by atoms with Crippen LogP contribution in [0, 0.1) is 5.92 Å². The lowest BCUT2D eigenvalue weighted by Crippen LogP contribution is -2.38. The van der Waals surface area contributed by atoms with Gasteiger partial charge in [0.15, 0.2) is 5.96 Å². The maximum Gasteiger partial charge on any atom is 0.220 e. The van der Waals surface area contributed by atoms with E-state index in [0.717, 1.165) is 13.0 Å². The Labute approximate surface area is 133 Å². The molecule has 1 aliphatic rings. The summed E-state index contributed by atoms with van der Waals surface area (Å²) in [6, 6.07) is 0. The molecule has 0 atom stereocenters. The van der Waals surface area contributed by atoms with E-state index < -0.39 is 0 Å². The molecule has 0 aromatic heterocycles. The van der Waals surface area contributed by atoms with Crippen molar-refractivity contribution in [2.45, 2.75) is 45.4 Å². The third kappa shape index (κ3) is 9.07. The van der Waals surface area contributed by atoms with Crippen molar-refractivity contribution in [2.24, 2.45) is 16.6 Å². The monoisotopic (exact) mass is 382 g/mol. The molecule has 0 saturated heterocycles. The lowest BCUT2D eigenvalue weighted by molar-refractivity contribution is -0.121. The van der Waals surface area contributed by atoms with Crippen LogP contribution in [0.25, 0.3) is 0 Å². The van der Waals surface area contributed by atoms with Crippen molar-refractivity contribution in [3.05, 3.63) is 0 Å². The first-order chi connectivity index (χ1) is 8.72. The van der Waals surface area contributed by atoms with E-state index in [1.807, 2.05) is 0 Å². The smallest absolute Gasteiger partial charge is 0.220 e. The van der Waals surface area contributed by atoms with Gasteiger partial charge >= 0.3 is 0 Å². The summed E-state index contributed by atoms with van der Waals surface area (Å²) in [7, 11) is 0. The molecule has 0 aromatic carbocycles. The summed E-state index contributed by atoms with van der Waals surface area (Å²) in [4.78, 5) is 15.7. The topological polar surface area (TPSA) is 79.5 Å². The Morgan fingerprint density at radius 1 is 1.26 bits per heavy atom. The number of nitrogens with two attached hydrogens (primary N) is 1. The molecule has 19 heavy (non-hydrogen) atoms. The predicted octanol–water partition coefficient (Wildman–Crippen LogP) is 1.62. The molecule has 4 N–H and O–H groups in total. The SMILES string of the molecule is CCCN=C(N)NCCNC(=O)CC1CCCC1.I. The summed E-state index contributed by atoms with van der Waals surface area (Å²) in [6.45, 7) is 4.04. The molecule has 1 amide bonds. The van der Waals surface area contributed by atoms with Gasteiger partial charge in [0.1, 0.15) is 0 Å². The van der Waals surface area contributed by atoms with Crippen LogP contribution in [0.4, 0.5) is 0 Å². The minimum atomic E-state index is 0. The van der Waals surface area contributed by atoms with E-state index in [1.165, 1.54) is 25.7 Å². The molecule has 0 bridgehead atoms. The Morgan fingerprint density at radius 3 is 2.53 bits per heavy atom. The molecule has 1 aliphatic carbocycles.